The van der Waals surface area contributed by atoms with Crippen molar-refractivity contribution in [2.45, 2.75) is 45.1 Å². The molecule has 1 aromatic heterocycles. The first-order chi connectivity index (χ1) is 14.2. The second kappa shape index (κ2) is 9.14. The van der Waals surface area contributed by atoms with Gasteiger partial charge in [-0.05, 0) is 62.4 Å². The number of hydrogen-bond donors (Lipinski definition) is 0. The summed E-state index contributed by atoms with van der Waals surface area (Å²) in [5.74, 6) is 0.203. The molecular weight excluding hydrogens is 402 g/mol. The Balaban J connectivity index is 1.86. The zero-order valence-corrected chi connectivity index (χ0v) is 18.6. The maximum Gasteiger partial charge on any atom is 0.271 e. The predicted molar refractivity (Wildman–Crippen MR) is 117 cm³/mol. The van der Waals surface area contributed by atoms with Gasteiger partial charge in [-0.1, -0.05) is 19.1 Å². The number of pyridine rings is 1. The quantitative estimate of drug-likeness (QED) is 0.704. The molecule has 8 heteroatoms. The fourth-order valence-electron chi connectivity index (χ4n) is 3.73. The van der Waals surface area contributed by atoms with Crippen LogP contribution < -0.4 is 10.5 Å². The summed E-state index contributed by atoms with van der Waals surface area (Å²) in [5, 5.41) is 0. The van der Waals surface area contributed by atoms with E-state index in [1.165, 1.54) is 27.2 Å². The Kier molecular flexibility index (Phi) is 6.77. The summed E-state index contributed by atoms with van der Waals surface area (Å²) in [6.07, 6.45) is 3.02. The van der Waals surface area contributed by atoms with Crippen molar-refractivity contribution >= 4 is 21.6 Å². The average molecular weight is 432 g/mol. The molecule has 0 unspecified atom stereocenters. The number of amides is 1. The summed E-state index contributed by atoms with van der Waals surface area (Å²) in [6, 6.07) is 10.4. The molecule has 1 aliphatic heterocycles. The van der Waals surface area contributed by atoms with Crippen LogP contribution in [0.5, 0.6) is 0 Å². The third kappa shape index (κ3) is 4.65. The van der Waals surface area contributed by atoms with Crippen LogP contribution in [-0.4, -0.2) is 42.8 Å². The van der Waals surface area contributed by atoms with Crippen LogP contribution in [0.1, 0.15) is 32.3 Å². The van der Waals surface area contributed by atoms with Crippen molar-refractivity contribution in [2.75, 3.05) is 24.5 Å². The number of aromatic nitrogens is 1. The summed E-state index contributed by atoms with van der Waals surface area (Å²) in [7, 11) is -3.88. The van der Waals surface area contributed by atoms with Crippen molar-refractivity contribution in [2.24, 2.45) is 5.92 Å². The lowest BCUT2D eigenvalue weighted by atomic mass is 10.0. The Morgan fingerprint density at radius 3 is 2.50 bits per heavy atom. The molecule has 7 nitrogen and oxygen atoms in total. The zero-order valence-electron chi connectivity index (χ0n) is 17.7. The second-order valence-electron chi connectivity index (χ2n) is 7.87. The first-order valence-corrected chi connectivity index (χ1v) is 11.7. The van der Waals surface area contributed by atoms with Gasteiger partial charge in [0.25, 0.3) is 5.56 Å². The number of carbonyl (C=O) groups is 1. The van der Waals surface area contributed by atoms with Crippen molar-refractivity contribution < 1.29 is 13.2 Å². The molecule has 0 N–H and O–H groups in total. The molecule has 0 atom stereocenters. The Hall–Kier alpha value is -2.45. The molecule has 1 aliphatic rings. The minimum atomic E-state index is -3.88. The predicted octanol–water partition coefficient (Wildman–Crippen LogP) is 2.63. The van der Waals surface area contributed by atoms with Gasteiger partial charge in [0.15, 0.2) is 0 Å². The minimum absolute atomic E-state index is 0.221. The van der Waals surface area contributed by atoms with Gasteiger partial charge in [0.2, 0.25) is 15.9 Å². The van der Waals surface area contributed by atoms with E-state index in [0.29, 0.717) is 25.6 Å². The Bertz CT molecular complexity index is 1070. The molecule has 3 rings (SSSR count). The number of rotatable bonds is 6. The molecule has 0 radical (unpaired) electrons. The SMILES string of the molecule is CCN(C(=O)Cn1cccc(S(=O)(=O)N2CCC(C)CC2)c1=O)c1cccc(C)c1. The largest absolute Gasteiger partial charge is 0.311 e. The van der Waals surface area contributed by atoms with Crippen molar-refractivity contribution in [1.82, 2.24) is 8.87 Å². The van der Waals surface area contributed by atoms with Crippen LogP contribution >= 0.6 is 0 Å². The van der Waals surface area contributed by atoms with Gasteiger partial charge in [0.1, 0.15) is 11.4 Å². The molecule has 0 spiro atoms. The molecule has 162 valence electrons. The van der Waals surface area contributed by atoms with Crippen molar-refractivity contribution in [3.63, 3.8) is 0 Å². The van der Waals surface area contributed by atoms with E-state index in [1.54, 1.807) is 4.90 Å². The molecular formula is C22H29N3O4S. The highest BCUT2D eigenvalue weighted by Crippen LogP contribution is 2.22. The maximum atomic E-state index is 13.0. The Morgan fingerprint density at radius 2 is 1.87 bits per heavy atom. The van der Waals surface area contributed by atoms with Crippen LogP contribution in [-0.2, 0) is 21.4 Å². The van der Waals surface area contributed by atoms with E-state index < -0.39 is 15.6 Å². The van der Waals surface area contributed by atoms with Gasteiger partial charge in [-0.15, -0.1) is 0 Å². The fourth-order valence-corrected chi connectivity index (χ4v) is 5.29. The fraction of sp³-hybridized carbons (Fsp3) is 0.455. The van der Waals surface area contributed by atoms with E-state index in [-0.39, 0.29) is 17.3 Å². The van der Waals surface area contributed by atoms with E-state index in [2.05, 4.69) is 6.92 Å². The normalized spacial score (nSPS) is 15.8. The molecule has 1 amide bonds. The summed E-state index contributed by atoms with van der Waals surface area (Å²) in [5.41, 5.74) is 1.12. The lowest BCUT2D eigenvalue weighted by Crippen LogP contribution is -2.42. The average Bonchev–Trinajstić information content (AvgIpc) is 2.70. The lowest BCUT2D eigenvalue weighted by molar-refractivity contribution is -0.119. The molecule has 30 heavy (non-hydrogen) atoms. The number of nitrogens with zero attached hydrogens (tertiary/aromatic N) is 3. The van der Waals surface area contributed by atoms with E-state index in [0.717, 1.165) is 24.1 Å². The van der Waals surface area contributed by atoms with Crippen LogP contribution in [0.15, 0.2) is 52.3 Å². The number of carbonyl (C=O) groups excluding carboxylic acids is 1. The van der Waals surface area contributed by atoms with Gasteiger partial charge in [0.05, 0.1) is 0 Å². The number of benzene rings is 1. The highest BCUT2D eigenvalue weighted by molar-refractivity contribution is 7.89. The van der Waals surface area contributed by atoms with Gasteiger partial charge in [-0.3, -0.25) is 9.59 Å². The van der Waals surface area contributed by atoms with Gasteiger partial charge in [-0.25, -0.2) is 8.42 Å². The zero-order chi connectivity index (χ0) is 21.9. The van der Waals surface area contributed by atoms with Crippen LogP contribution in [0.3, 0.4) is 0 Å². The molecule has 2 heterocycles. The summed E-state index contributed by atoms with van der Waals surface area (Å²) < 4.78 is 28.6. The Morgan fingerprint density at radius 1 is 1.17 bits per heavy atom. The molecule has 2 aromatic rings. The van der Waals surface area contributed by atoms with E-state index in [4.69, 9.17) is 0 Å². The number of anilines is 1. The highest BCUT2D eigenvalue weighted by atomic mass is 32.2. The summed E-state index contributed by atoms with van der Waals surface area (Å²) in [4.78, 5) is 27.2. The van der Waals surface area contributed by atoms with Gasteiger partial charge in [0, 0.05) is 31.5 Å². The molecule has 0 aliphatic carbocycles. The molecule has 0 saturated carbocycles. The monoisotopic (exact) mass is 431 g/mol. The molecule has 1 aromatic carbocycles. The number of likely N-dealkylation sites (N-methyl/N-ethyl adjacent to an activating group) is 1. The number of piperidine rings is 1. The van der Waals surface area contributed by atoms with Gasteiger partial charge >= 0.3 is 0 Å². The van der Waals surface area contributed by atoms with E-state index in [9.17, 15) is 18.0 Å². The van der Waals surface area contributed by atoms with Crippen LogP contribution in [0.4, 0.5) is 5.69 Å². The summed E-state index contributed by atoms with van der Waals surface area (Å²) in [6.45, 7) is 6.95. The molecule has 0 bridgehead atoms. The van der Waals surface area contributed by atoms with Crippen molar-refractivity contribution in [3.05, 3.63) is 58.5 Å². The number of sulfonamides is 1. The van der Waals surface area contributed by atoms with Gasteiger partial charge in [-0.2, -0.15) is 4.31 Å². The lowest BCUT2D eigenvalue weighted by Gasteiger charge is -2.29. The topological polar surface area (TPSA) is 79.7 Å². The third-order valence-electron chi connectivity index (χ3n) is 5.58. The van der Waals surface area contributed by atoms with Gasteiger partial charge < -0.3 is 9.47 Å². The first kappa shape index (κ1) is 22.2. The number of aryl methyl sites for hydroxylation is 1. The van der Waals surface area contributed by atoms with E-state index in [1.807, 2.05) is 38.1 Å². The Labute approximate surface area is 178 Å². The highest BCUT2D eigenvalue weighted by Gasteiger charge is 2.30. The molecule has 1 saturated heterocycles. The third-order valence-corrected chi connectivity index (χ3v) is 7.49. The first-order valence-electron chi connectivity index (χ1n) is 10.3. The van der Waals surface area contributed by atoms with Crippen molar-refractivity contribution in [1.29, 1.82) is 0 Å². The van der Waals surface area contributed by atoms with Crippen LogP contribution in [0.2, 0.25) is 0 Å². The standard InChI is InChI=1S/C22H29N3O4S/c1-4-25(19-8-5-7-18(3)15-19)21(26)16-23-12-6-9-20(22(23)27)30(28,29)24-13-10-17(2)11-14-24/h5-9,12,15,17H,4,10-11,13-14,16H2,1-3H3. The summed E-state index contributed by atoms with van der Waals surface area (Å²) >= 11 is 0. The molecule has 1 fully saturated rings. The maximum absolute atomic E-state index is 13.0. The van der Waals surface area contributed by atoms with E-state index >= 15 is 0 Å². The minimum Gasteiger partial charge on any atom is -0.311 e. The van der Waals surface area contributed by atoms with Crippen LogP contribution in [0, 0.1) is 12.8 Å². The van der Waals surface area contributed by atoms with Crippen LogP contribution in [0.25, 0.3) is 0 Å². The number of hydrogen-bond acceptors (Lipinski definition) is 4. The van der Waals surface area contributed by atoms with Crippen molar-refractivity contribution in [3.8, 4) is 0 Å². The smallest absolute Gasteiger partial charge is 0.271 e. The second-order valence-corrected chi connectivity index (χ2v) is 9.78.